The van der Waals surface area contributed by atoms with E-state index in [1.807, 2.05) is 0 Å². The Balaban J connectivity index is 1.68. The molecule has 0 spiro atoms. The van der Waals surface area contributed by atoms with Crippen LogP contribution in [0.15, 0.2) is 0 Å². The maximum atomic E-state index is 12.5. The molecule has 1 saturated carbocycles. The number of fused-ring (bicyclic) bond motifs is 2. The van der Waals surface area contributed by atoms with Crippen LogP contribution in [-0.2, 0) is 14.3 Å². The second kappa shape index (κ2) is 5.35. The molecule has 0 unspecified atom stereocenters. The summed E-state index contributed by atoms with van der Waals surface area (Å²) < 4.78 is 5.65. The standard InChI is InChI=1S/C15H23NO4/c1-8-4-2-3-5-9(8)16-14(17)12-10-6-7-11(20-10)13(12)15(18)19/h8-13H,2-7H2,1H3,(H,16,17)(H,18,19)/t8-,9+,10-,11+,12+,13-/m0/s1. The van der Waals surface area contributed by atoms with E-state index in [1.54, 1.807) is 0 Å². The fourth-order valence-electron chi connectivity index (χ4n) is 4.13. The molecular weight excluding hydrogens is 258 g/mol. The van der Waals surface area contributed by atoms with Gasteiger partial charge in [-0.05, 0) is 31.6 Å². The number of carbonyl (C=O) groups is 2. The Morgan fingerprint density at radius 3 is 2.35 bits per heavy atom. The van der Waals surface area contributed by atoms with Crippen molar-refractivity contribution in [2.75, 3.05) is 0 Å². The van der Waals surface area contributed by atoms with Crippen LogP contribution in [0.5, 0.6) is 0 Å². The van der Waals surface area contributed by atoms with E-state index < -0.39 is 17.8 Å². The van der Waals surface area contributed by atoms with E-state index in [2.05, 4.69) is 12.2 Å². The fourth-order valence-corrected chi connectivity index (χ4v) is 4.13. The number of hydrogen-bond donors (Lipinski definition) is 2. The van der Waals surface area contributed by atoms with E-state index in [4.69, 9.17) is 4.74 Å². The zero-order valence-corrected chi connectivity index (χ0v) is 11.9. The van der Waals surface area contributed by atoms with Crippen molar-refractivity contribution >= 4 is 11.9 Å². The van der Waals surface area contributed by atoms with Crippen LogP contribution in [0, 0.1) is 17.8 Å². The summed E-state index contributed by atoms with van der Waals surface area (Å²) >= 11 is 0. The van der Waals surface area contributed by atoms with Crippen LogP contribution in [-0.4, -0.2) is 35.2 Å². The Labute approximate surface area is 119 Å². The lowest BCUT2D eigenvalue weighted by atomic mass is 9.78. The molecule has 2 heterocycles. The Morgan fingerprint density at radius 1 is 1.05 bits per heavy atom. The van der Waals surface area contributed by atoms with Crippen LogP contribution >= 0.6 is 0 Å². The fraction of sp³-hybridized carbons (Fsp3) is 0.867. The van der Waals surface area contributed by atoms with Crippen molar-refractivity contribution in [3.8, 4) is 0 Å². The van der Waals surface area contributed by atoms with Crippen molar-refractivity contribution < 1.29 is 19.4 Å². The van der Waals surface area contributed by atoms with Gasteiger partial charge in [0, 0.05) is 6.04 Å². The first-order valence-electron chi connectivity index (χ1n) is 7.76. The minimum Gasteiger partial charge on any atom is -0.481 e. The van der Waals surface area contributed by atoms with Crippen molar-refractivity contribution in [2.45, 2.75) is 63.7 Å². The van der Waals surface area contributed by atoms with Crippen molar-refractivity contribution in [3.63, 3.8) is 0 Å². The molecule has 3 aliphatic rings. The van der Waals surface area contributed by atoms with Gasteiger partial charge in [0.2, 0.25) is 5.91 Å². The summed E-state index contributed by atoms with van der Waals surface area (Å²) in [6, 6.07) is 0.199. The predicted molar refractivity (Wildman–Crippen MR) is 72.1 cm³/mol. The monoisotopic (exact) mass is 281 g/mol. The van der Waals surface area contributed by atoms with Crippen LogP contribution in [0.25, 0.3) is 0 Å². The molecule has 0 aromatic carbocycles. The molecule has 2 saturated heterocycles. The third-order valence-electron chi connectivity index (χ3n) is 5.30. The van der Waals surface area contributed by atoms with Crippen molar-refractivity contribution in [2.24, 2.45) is 17.8 Å². The Morgan fingerprint density at radius 2 is 1.70 bits per heavy atom. The van der Waals surface area contributed by atoms with E-state index in [-0.39, 0.29) is 24.2 Å². The van der Waals surface area contributed by atoms with Gasteiger partial charge in [-0.15, -0.1) is 0 Å². The molecule has 5 heteroatoms. The number of carboxylic acids is 1. The van der Waals surface area contributed by atoms with Gasteiger partial charge in [0.05, 0.1) is 24.0 Å². The Kier molecular flexibility index (Phi) is 3.71. The zero-order valence-electron chi connectivity index (χ0n) is 11.9. The molecule has 20 heavy (non-hydrogen) atoms. The average Bonchev–Trinajstić information content (AvgIpc) is 3.01. The molecule has 2 N–H and O–H groups in total. The lowest BCUT2D eigenvalue weighted by molar-refractivity contribution is -0.148. The normalized spacial score (nSPS) is 43.5. The maximum absolute atomic E-state index is 12.5. The van der Waals surface area contributed by atoms with Crippen LogP contribution < -0.4 is 5.32 Å². The zero-order chi connectivity index (χ0) is 14.3. The van der Waals surface area contributed by atoms with Gasteiger partial charge in [-0.2, -0.15) is 0 Å². The molecule has 0 aromatic heterocycles. The van der Waals surface area contributed by atoms with E-state index in [0.717, 1.165) is 32.1 Å². The topological polar surface area (TPSA) is 75.6 Å². The van der Waals surface area contributed by atoms with Gasteiger partial charge in [0.1, 0.15) is 0 Å². The summed E-state index contributed by atoms with van der Waals surface area (Å²) in [6.07, 6.45) is 5.63. The summed E-state index contributed by atoms with van der Waals surface area (Å²) in [7, 11) is 0. The molecule has 0 aromatic rings. The summed E-state index contributed by atoms with van der Waals surface area (Å²) in [5, 5.41) is 12.5. The van der Waals surface area contributed by atoms with Crippen LogP contribution in [0.4, 0.5) is 0 Å². The Bertz CT molecular complexity index is 411. The van der Waals surface area contributed by atoms with Gasteiger partial charge in [0.15, 0.2) is 0 Å². The van der Waals surface area contributed by atoms with Gasteiger partial charge < -0.3 is 15.2 Å². The molecule has 2 bridgehead atoms. The summed E-state index contributed by atoms with van der Waals surface area (Å²) in [5.74, 6) is -1.68. The highest BCUT2D eigenvalue weighted by atomic mass is 16.5. The summed E-state index contributed by atoms with van der Waals surface area (Å²) in [5.41, 5.74) is 0. The third-order valence-corrected chi connectivity index (χ3v) is 5.30. The Hall–Kier alpha value is -1.10. The first-order valence-corrected chi connectivity index (χ1v) is 7.76. The number of nitrogens with one attached hydrogen (secondary N) is 1. The van der Waals surface area contributed by atoms with Crippen molar-refractivity contribution in [3.05, 3.63) is 0 Å². The highest BCUT2D eigenvalue weighted by Crippen LogP contribution is 2.43. The molecule has 0 radical (unpaired) electrons. The molecule has 3 rings (SSSR count). The minimum absolute atomic E-state index is 0.108. The molecular formula is C15H23NO4. The average molecular weight is 281 g/mol. The highest BCUT2D eigenvalue weighted by molar-refractivity contribution is 5.86. The van der Waals surface area contributed by atoms with Gasteiger partial charge in [-0.3, -0.25) is 9.59 Å². The van der Waals surface area contributed by atoms with Gasteiger partial charge in [-0.25, -0.2) is 0 Å². The molecule has 1 amide bonds. The van der Waals surface area contributed by atoms with E-state index in [9.17, 15) is 14.7 Å². The molecule has 5 nitrogen and oxygen atoms in total. The third kappa shape index (κ3) is 2.32. The molecule has 2 aliphatic heterocycles. The number of carboxylic acid groups (broad SMARTS) is 1. The van der Waals surface area contributed by atoms with Gasteiger partial charge in [-0.1, -0.05) is 19.8 Å². The smallest absolute Gasteiger partial charge is 0.310 e. The molecule has 3 fully saturated rings. The largest absolute Gasteiger partial charge is 0.481 e. The molecule has 112 valence electrons. The maximum Gasteiger partial charge on any atom is 0.310 e. The number of ether oxygens (including phenoxy) is 1. The molecule has 1 aliphatic carbocycles. The summed E-state index contributed by atoms with van der Waals surface area (Å²) in [4.78, 5) is 23.9. The SMILES string of the molecule is C[C@H]1CCCC[C@H]1NC(=O)[C@H]1[C@@H](C(=O)O)[C@H]2CC[C@@H]1O2. The van der Waals surface area contributed by atoms with Gasteiger partial charge >= 0.3 is 5.97 Å². The van der Waals surface area contributed by atoms with E-state index in [1.165, 1.54) is 6.42 Å². The van der Waals surface area contributed by atoms with Crippen molar-refractivity contribution in [1.29, 1.82) is 0 Å². The minimum atomic E-state index is -0.894. The molecule has 6 atom stereocenters. The number of amides is 1. The van der Waals surface area contributed by atoms with Crippen LogP contribution in [0.1, 0.15) is 45.4 Å². The lowest BCUT2D eigenvalue weighted by Gasteiger charge is -2.32. The highest BCUT2D eigenvalue weighted by Gasteiger charge is 2.55. The second-order valence-corrected chi connectivity index (χ2v) is 6.56. The number of aliphatic carboxylic acids is 1. The number of carbonyl (C=O) groups excluding carboxylic acids is 1. The first-order chi connectivity index (χ1) is 9.58. The second-order valence-electron chi connectivity index (χ2n) is 6.56. The number of hydrogen-bond acceptors (Lipinski definition) is 3. The number of rotatable bonds is 3. The quantitative estimate of drug-likeness (QED) is 0.823. The van der Waals surface area contributed by atoms with Gasteiger partial charge in [0.25, 0.3) is 0 Å². The van der Waals surface area contributed by atoms with E-state index in [0.29, 0.717) is 5.92 Å². The predicted octanol–water partition coefficient (Wildman–Crippen LogP) is 1.56. The first kappa shape index (κ1) is 13.9. The van der Waals surface area contributed by atoms with E-state index >= 15 is 0 Å². The summed E-state index contributed by atoms with van der Waals surface area (Å²) in [6.45, 7) is 2.16. The van der Waals surface area contributed by atoms with Crippen LogP contribution in [0.3, 0.4) is 0 Å². The van der Waals surface area contributed by atoms with Crippen LogP contribution in [0.2, 0.25) is 0 Å². The lowest BCUT2D eigenvalue weighted by Crippen LogP contribution is -2.49. The van der Waals surface area contributed by atoms with Crippen molar-refractivity contribution in [1.82, 2.24) is 5.32 Å².